The second kappa shape index (κ2) is 6.96. The van der Waals surface area contributed by atoms with Crippen LogP contribution in [-0.2, 0) is 20.1 Å². The highest BCUT2D eigenvalue weighted by Gasteiger charge is 2.11. The molecule has 0 bridgehead atoms. The molecule has 0 saturated carbocycles. The van der Waals surface area contributed by atoms with Crippen LogP contribution in [0.4, 0.5) is 0 Å². The number of rotatable bonds is 6. The molecule has 0 aliphatic carbocycles. The monoisotopic (exact) mass is 307 g/mol. The summed E-state index contributed by atoms with van der Waals surface area (Å²) in [6.45, 7) is 4.48. The van der Waals surface area contributed by atoms with Gasteiger partial charge in [-0.15, -0.1) is 0 Å². The van der Waals surface area contributed by atoms with Gasteiger partial charge in [-0.25, -0.2) is 0 Å². The maximum absolute atomic E-state index is 6.21. The second-order valence-electron chi connectivity index (χ2n) is 5.30. The van der Waals surface area contributed by atoms with Crippen molar-refractivity contribution in [3.8, 4) is 5.75 Å². The summed E-state index contributed by atoms with van der Waals surface area (Å²) < 4.78 is 7.56. The normalized spacial score (nSPS) is 12.4. The topological polar surface area (TPSA) is 39.1 Å². The van der Waals surface area contributed by atoms with Gasteiger partial charge in [-0.05, 0) is 45.0 Å². The number of likely N-dealkylation sites (N-methyl/N-ethyl adjacent to an activating group) is 1. The molecule has 2 rings (SSSR count). The molecule has 1 unspecified atom stereocenters. The summed E-state index contributed by atoms with van der Waals surface area (Å²) in [5.41, 5.74) is 3.01. The largest absolute Gasteiger partial charge is 0.487 e. The van der Waals surface area contributed by atoms with E-state index in [2.05, 4.69) is 29.5 Å². The highest BCUT2D eigenvalue weighted by molar-refractivity contribution is 6.31. The summed E-state index contributed by atoms with van der Waals surface area (Å²) in [6, 6.07) is 8.65. The summed E-state index contributed by atoms with van der Waals surface area (Å²) in [5.74, 6) is 0.839. The first-order valence-electron chi connectivity index (χ1n) is 7.08. The van der Waals surface area contributed by atoms with Crippen LogP contribution in [-0.4, -0.2) is 22.9 Å². The van der Waals surface area contributed by atoms with Gasteiger partial charge >= 0.3 is 0 Å². The third-order valence-corrected chi connectivity index (χ3v) is 4.09. The Bertz CT molecular complexity index is 592. The Morgan fingerprint density at radius 3 is 2.52 bits per heavy atom. The Labute approximate surface area is 131 Å². The van der Waals surface area contributed by atoms with Crippen molar-refractivity contribution in [1.29, 1.82) is 0 Å². The maximum Gasteiger partial charge on any atom is 0.131 e. The van der Waals surface area contributed by atoms with Crippen LogP contribution >= 0.6 is 11.6 Å². The number of hydrogen-bond acceptors (Lipinski definition) is 3. The molecule has 1 aromatic carbocycles. The number of benzene rings is 1. The molecular formula is C16H22ClN3O. The molecule has 0 spiro atoms. The molecule has 21 heavy (non-hydrogen) atoms. The van der Waals surface area contributed by atoms with Gasteiger partial charge in [0.05, 0.1) is 16.4 Å². The van der Waals surface area contributed by atoms with Crippen molar-refractivity contribution in [1.82, 2.24) is 15.1 Å². The van der Waals surface area contributed by atoms with Gasteiger partial charge in [0.1, 0.15) is 12.4 Å². The molecule has 0 amide bonds. The number of aryl methyl sites for hydroxylation is 2. The van der Waals surface area contributed by atoms with Gasteiger partial charge in [0.2, 0.25) is 0 Å². The van der Waals surface area contributed by atoms with Crippen LogP contribution in [0.3, 0.4) is 0 Å². The van der Waals surface area contributed by atoms with Gasteiger partial charge in [0.25, 0.3) is 0 Å². The van der Waals surface area contributed by atoms with Gasteiger partial charge in [-0.3, -0.25) is 4.68 Å². The lowest BCUT2D eigenvalue weighted by atomic mass is 10.1. The highest BCUT2D eigenvalue weighted by atomic mass is 35.5. The lowest BCUT2D eigenvalue weighted by Crippen LogP contribution is -2.23. The predicted molar refractivity (Wildman–Crippen MR) is 86.0 cm³/mol. The quantitative estimate of drug-likeness (QED) is 0.891. The van der Waals surface area contributed by atoms with Crippen LogP contribution in [0, 0.1) is 6.92 Å². The minimum atomic E-state index is 0.419. The zero-order valence-electron chi connectivity index (χ0n) is 13.0. The number of ether oxygens (including phenoxy) is 1. The molecule has 5 heteroatoms. The lowest BCUT2D eigenvalue weighted by Gasteiger charge is -2.11. The molecular weight excluding hydrogens is 286 g/mol. The van der Waals surface area contributed by atoms with Crippen molar-refractivity contribution in [3.05, 3.63) is 46.2 Å². The van der Waals surface area contributed by atoms with E-state index in [9.17, 15) is 0 Å². The number of halogens is 1. The molecule has 0 aliphatic rings. The Kier molecular flexibility index (Phi) is 5.26. The fraction of sp³-hybridized carbons (Fsp3) is 0.438. The van der Waals surface area contributed by atoms with Crippen molar-refractivity contribution < 1.29 is 4.74 Å². The van der Waals surface area contributed by atoms with Crippen molar-refractivity contribution >= 4 is 11.6 Å². The number of hydrogen-bond donors (Lipinski definition) is 1. The smallest absolute Gasteiger partial charge is 0.131 e. The maximum atomic E-state index is 6.21. The van der Waals surface area contributed by atoms with Crippen molar-refractivity contribution in [2.24, 2.45) is 7.05 Å². The fourth-order valence-electron chi connectivity index (χ4n) is 2.17. The Morgan fingerprint density at radius 2 is 2.00 bits per heavy atom. The van der Waals surface area contributed by atoms with Crippen molar-refractivity contribution in [3.63, 3.8) is 0 Å². The molecule has 0 fully saturated rings. The molecule has 4 nitrogen and oxygen atoms in total. The standard InChI is InChI=1S/C16H22ClN3O/c1-11(18-3)9-13-5-7-14(8-6-13)21-10-15-16(17)12(2)19-20(15)4/h5-8,11,18H,9-10H2,1-4H3. The summed E-state index contributed by atoms with van der Waals surface area (Å²) in [7, 11) is 3.85. The first-order valence-corrected chi connectivity index (χ1v) is 7.46. The van der Waals surface area contributed by atoms with E-state index in [-0.39, 0.29) is 0 Å². The number of nitrogens with one attached hydrogen (secondary N) is 1. The number of aromatic nitrogens is 2. The van der Waals surface area contributed by atoms with Gasteiger partial charge in [-0.1, -0.05) is 23.7 Å². The third-order valence-electron chi connectivity index (χ3n) is 3.60. The van der Waals surface area contributed by atoms with Crippen molar-refractivity contribution in [2.45, 2.75) is 32.9 Å². The average Bonchev–Trinajstić information content (AvgIpc) is 2.71. The van der Waals surface area contributed by atoms with Crippen LogP contribution in [0.5, 0.6) is 5.75 Å². The van der Waals surface area contributed by atoms with E-state index in [0.717, 1.165) is 23.6 Å². The first kappa shape index (κ1) is 15.9. The van der Waals surface area contributed by atoms with Crippen LogP contribution in [0.15, 0.2) is 24.3 Å². The SMILES string of the molecule is CNC(C)Cc1ccc(OCc2c(Cl)c(C)nn2C)cc1. The molecule has 0 radical (unpaired) electrons. The van der Waals surface area contributed by atoms with E-state index in [4.69, 9.17) is 16.3 Å². The molecule has 2 aromatic rings. The van der Waals surface area contributed by atoms with Crippen LogP contribution in [0.1, 0.15) is 23.9 Å². The average molecular weight is 308 g/mol. The summed E-state index contributed by atoms with van der Waals surface area (Å²) in [5, 5.41) is 8.19. The molecule has 0 saturated heterocycles. The van der Waals surface area contributed by atoms with Gasteiger partial charge in [0.15, 0.2) is 0 Å². The first-order chi connectivity index (χ1) is 10.0. The summed E-state index contributed by atoms with van der Waals surface area (Å²) >= 11 is 6.21. The highest BCUT2D eigenvalue weighted by Crippen LogP contribution is 2.22. The second-order valence-corrected chi connectivity index (χ2v) is 5.67. The van der Waals surface area contributed by atoms with E-state index in [1.54, 1.807) is 4.68 Å². The van der Waals surface area contributed by atoms with E-state index in [1.165, 1.54) is 5.56 Å². The Hall–Kier alpha value is -1.52. The molecule has 1 heterocycles. The molecule has 114 valence electrons. The Balaban J connectivity index is 1.97. The molecule has 1 atom stereocenters. The van der Waals surface area contributed by atoms with Crippen LogP contribution in [0.25, 0.3) is 0 Å². The zero-order chi connectivity index (χ0) is 15.4. The predicted octanol–water partition coefficient (Wildman–Crippen LogP) is 3.11. The fourth-order valence-corrected chi connectivity index (χ4v) is 2.38. The van der Waals surface area contributed by atoms with E-state index < -0.39 is 0 Å². The van der Waals surface area contributed by atoms with Crippen LogP contribution < -0.4 is 10.1 Å². The lowest BCUT2D eigenvalue weighted by molar-refractivity contribution is 0.295. The van der Waals surface area contributed by atoms with E-state index in [0.29, 0.717) is 17.7 Å². The van der Waals surface area contributed by atoms with Gasteiger partial charge in [0, 0.05) is 13.1 Å². The molecule has 1 aromatic heterocycles. The van der Waals surface area contributed by atoms with Crippen molar-refractivity contribution in [2.75, 3.05) is 7.05 Å². The number of nitrogens with zero attached hydrogens (tertiary/aromatic N) is 2. The van der Waals surface area contributed by atoms with E-state index in [1.807, 2.05) is 33.2 Å². The van der Waals surface area contributed by atoms with Gasteiger partial charge < -0.3 is 10.1 Å². The summed E-state index contributed by atoms with van der Waals surface area (Å²) in [4.78, 5) is 0. The summed E-state index contributed by atoms with van der Waals surface area (Å²) in [6.07, 6.45) is 1.00. The minimum absolute atomic E-state index is 0.419. The van der Waals surface area contributed by atoms with Gasteiger partial charge in [-0.2, -0.15) is 5.10 Å². The molecule has 1 N–H and O–H groups in total. The Morgan fingerprint density at radius 1 is 1.33 bits per heavy atom. The minimum Gasteiger partial charge on any atom is -0.487 e. The molecule has 0 aliphatic heterocycles. The zero-order valence-corrected chi connectivity index (χ0v) is 13.7. The third kappa shape index (κ3) is 3.99. The van der Waals surface area contributed by atoms with Crippen LogP contribution in [0.2, 0.25) is 5.02 Å². The van der Waals surface area contributed by atoms with E-state index >= 15 is 0 Å².